The van der Waals surface area contributed by atoms with Crippen LogP contribution in [0.3, 0.4) is 0 Å². The molecule has 0 spiro atoms. The van der Waals surface area contributed by atoms with Crippen molar-refractivity contribution >= 4 is 29.9 Å². The molecule has 6 nitrogen and oxygen atoms in total. The molecule has 1 aromatic carbocycles. The summed E-state index contributed by atoms with van der Waals surface area (Å²) in [6, 6.07) is 5.80. The van der Waals surface area contributed by atoms with Gasteiger partial charge < -0.3 is 25.0 Å². The van der Waals surface area contributed by atoms with Crippen LogP contribution in [0.2, 0.25) is 0 Å². The van der Waals surface area contributed by atoms with Gasteiger partial charge in [-0.1, -0.05) is 13.8 Å². The number of aliphatic imine (C=N–C) groups is 1. The van der Waals surface area contributed by atoms with Gasteiger partial charge in [-0.15, -0.1) is 24.0 Å². The molecule has 0 bridgehead atoms. The minimum atomic E-state index is 0. The van der Waals surface area contributed by atoms with E-state index in [-0.39, 0.29) is 24.0 Å². The van der Waals surface area contributed by atoms with Crippen molar-refractivity contribution < 1.29 is 9.47 Å². The fraction of sp³-hybridized carbons (Fsp3) is 0.632. The highest BCUT2D eigenvalue weighted by atomic mass is 127. The lowest BCUT2D eigenvalue weighted by molar-refractivity contribution is 0.300. The Morgan fingerprint density at radius 3 is 2.38 bits per heavy atom. The number of hydrogen-bond donors (Lipinski definition) is 2. The number of methoxy groups -OCH3 is 2. The van der Waals surface area contributed by atoms with Crippen LogP contribution in [-0.2, 0) is 6.54 Å². The summed E-state index contributed by atoms with van der Waals surface area (Å²) in [5.41, 5.74) is 1.03. The molecule has 0 fully saturated rings. The predicted octanol–water partition coefficient (Wildman–Crippen LogP) is 3.11. The predicted molar refractivity (Wildman–Crippen MR) is 120 cm³/mol. The second-order valence-corrected chi connectivity index (χ2v) is 5.68. The van der Waals surface area contributed by atoms with Crippen molar-refractivity contribution in [3.8, 4) is 11.5 Å². The number of rotatable bonds is 11. The molecule has 150 valence electrons. The van der Waals surface area contributed by atoms with Gasteiger partial charge in [0.2, 0.25) is 0 Å². The molecule has 7 heteroatoms. The summed E-state index contributed by atoms with van der Waals surface area (Å²) in [6.07, 6.45) is 1.10. The van der Waals surface area contributed by atoms with Crippen LogP contribution >= 0.6 is 24.0 Å². The summed E-state index contributed by atoms with van der Waals surface area (Å²) in [5, 5.41) is 6.69. The third kappa shape index (κ3) is 8.93. The fourth-order valence-corrected chi connectivity index (χ4v) is 2.54. The Morgan fingerprint density at radius 1 is 1.08 bits per heavy atom. The lowest BCUT2D eigenvalue weighted by atomic mass is 10.2. The first kappa shape index (κ1) is 24.8. The quantitative estimate of drug-likeness (QED) is 0.222. The first-order chi connectivity index (χ1) is 12.2. The number of guanidine groups is 1. The molecule has 0 amide bonds. The van der Waals surface area contributed by atoms with Crippen molar-refractivity contribution in [3.63, 3.8) is 0 Å². The van der Waals surface area contributed by atoms with Gasteiger partial charge in [0.15, 0.2) is 5.96 Å². The van der Waals surface area contributed by atoms with Gasteiger partial charge in [-0.05, 0) is 45.1 Å². The topological polar surface area (TPSA) is 58.1 Å². The van der Waals surface area contributed by atoms with Crippen molar-refractivity contribution in [1.29, 1.82) is 0 Å². The average molecular weight is 478 g/mol. The maximum absolute atomic E-state index is 5.43. The smallest absolute Gasteiger partial charge is 0.191 e. The van der Waals surface area contributed by atoms with Gasteiger partial charge in [0.25, 0.3) is 0 Å². The highest BCUT2D eigenvalue weighted by Crippen LogP contribution is 2.25. The SMILES string of the molecule is CCNC(=NCc1ccc(OC)cc1OC)NCCCN(CC)CC.I. The van der Waals surface area contributed by atoms with Crippen molar-refractivity contribution in [2.75, 3.05) is 46.9 Å². The molecule has 26 heavy (non-hydrogen) atoms. The van der Waals surface area contributed by atoms with Gasteiger partial charge in [0, 0.05) is 24.7 Å². The maximum atomic E-state index is 5.43. The lowest BCUT2D eigenvalue weighted by Gasteiger charge is -2.18. The standard InChI is InChI=1S/C19H34N4O2.HI/c1-6-20-19(21-12-9-13-23(7-2)8-3)22-15-16-10-11-17(24-4)14-18(16)25-5;/h10-11,14H,6-9,12-13,15H2,1-5H3,(H2,20,21,22);1H. The van der Waals surface area contributed by atoms with Crippen molar-refractivity contribution in [3.05, 3.63) is 23.8 Å². The van der Waals surface area contributed by atoms with Crippen LogP contribution in [0, 0.1) is 0 Å². The monoisotopic (exact) mass is 478 g/mol. The van der Waals surface area contributed by atoms with E-state index in [1.807, 2.05) is 18.2 Å². The number of nitrogens with one attached hydrogen (secondary N) is 2. The molecular formula is C19H35IN4O2. The summed E-state index contributed by atoms with van der Waals surface area (Å²) in [4.78, 5) is 7.09. The van der Waals surface area contributed by atoms with Crippen molar-refractivity contribution in [2.24, 2.45) is 4.99 Å². The average Bonchev–Trinajstić information content (AvgIpc) is 2.65. The first-order valence-electron chi connectivity index (χ1n) is 9.13. The number of hydrogen-bond acceptors (Lipinski definition) is 4. The van der Waals surface area contributed by atoms with Gasteiger partial charge in [-0.3, -0.25) is 0 Å². The van der Waals surface area contributed by atoms with Crippen LogP contribution in [0.1, 0.15) is 32.8 Å². The molecular weight excluding hydrogens is 443 g/mol. The van der Waals surface area contributed by atoms with Gasteiger partial charge in [0.05, 0.1) is 20.8 Å². The Bertz CT molecular complexity index is 522. The molecule has 1 rings (SSSR count). The zero-order valence-corrected chi connectivity index (χ0v) is 19.1. The molecule has 0 saturated heterocycles. The van der Waals surface area contributed by atoms with E-state index < -0.39 is 0 Å². The highest BCUT2D eigenvalue weighted by Gasteiger charge is 2.05. The van der Waals surface area contributed by atoms with Crippen LogP contribution in [0.15, 0.2) is 23.2 Å². The molecule has 0 aliphatic heterocycles. The lowest BCUT2D eigenvalue weighted by Crippen LogP contribution is -2.38. The Labute approximate surface area is 175 Å². The number of benzene rings is 1. The van der Waals surface area contributed by atoms with Crippen LogP contribution in [0.4, 0.5) is 0 Å². The largest absolute Gasteiger partial charge is 0.497 e. The molecule has 0 aliphatic carbocycles. The normalized spacial score (nSPS) is 11.1. The number of nitrogens with zero attached hydrogens (tertiary/aromatic N) is 2. The molecule has 0 unspecified atom stereocenters. The molecule has 0 saturated carbocycles. The van der Waals surface area contributed by atoms with E-state index in [1.54, 1.807) is 14.2 Å². The minimum Gasteiger partial charge on any atom is -0.497 e. The molecule has 1 aromatic rings. The van der Waals surface area contributed by atoms with Gasteiger partial charge in [-0.2, -0.15) is 0 Å². The zero-order valence-electron chi connectivity index (χ0n) is 16.8. The molecule has 0 aliphatic rings. The Kier molecular flexibility index (Phi) is 14.2. The van der Waals surface area contributed by atoms with Crippen molar-refractivity contribution in [1.82, 2.24) is 15.5 Å². The fourth-order valence-electron chi connectivity index (χ4n) is 2.54. The zero-order chi connectivity index (χ0) is 18.5. The number of halogens is 1. The summed E-state index contributed by atoms with van der Waals surface area (Å²) in [6.45, 7) is 12.1. The maximum Gasteiger partial charge on any atom is 0.191 e. The second-order valence-electron chi connectivity index (χ2n) is 5.68. The summed E-state index contributed by atoms with van der Waals surface area (Å²) >= 11 is 0. The Balaban J connectivity index is 0.00000625. The summed E-state index contributed by atoms with van der Waals surface area (Å²) in [7, 11) is 3.32. The van der Waals surface area contributed by atoms with E-state index in [2.05, 4.69) is 41.3 Å². The summed E-state index contributed by atoms with van der Waals surface area (Å²) in [5.74, 6) is 2.41. The van der Waals surface area contributed by atoms with E-state index in [0.29, 0.717) is 6.54 Å². The van der Waals surface area contributed by atoms with E-state index >= 15 is 0 Å². The highest BCUT2D eigenvalue weighted by molar-refractivity contribution is 14.0. The van der Waals surface area contributed by atoms with E-state index in [1.165, 1.54) is 0 Å². The van der Waals surface area contributed by atoms with E-state index in [4.69, 9.17) is 9.47 Å². The third-order valence-corrected chi connectivity index (χ3v) is 4.08. The van der Waals surface area contributed by atoms with Crippen molar-refractivity contribution in [2.45, 2.75) is 33.7 Å². The van der Waals surface area contributed by atoms with Gasteiger partial charge in [-0.25, -0.2) is 4.99 Å². The first-order valence-corrected chi connectivity index (χ1v) is 9.13. The number of ether oxygens (including phenoxy) is 2. The van der Waals surface area contributed by atoms with Crippen LogP contribution in [0.5, 0.6) is 11.5 Å². The van der Waals surface area contributed by atoms with Crippen LogP contribution < -0.4 is 20.1 Å². The van der Waals surface area contributed by atoms with E-state index in [0.717, 1.165) is 62.2 Å². The van der Waals surface area contributed by atoms with Crippen LogP contribution in [-0.4, -0.2) is 57.8 Å². The minimum absolute atomic E-state index is 0. The Morgan fingerprint density at radius 2 is 1.81 bits per heavy atom. The van der Waals surface area contributed by atoms with Crippen LogP contribution in [0.25, 0.3) is 0 Å². The summed E-state index contributed by atoms with van der Waals surface area (Å²) < 4.78 is 10.7. The second kappa shape index (κ2) is 14.9. The van der Waals surface area contributed by atoms with E-state index in [9.17, 15) is 0 Å². The third-order valence-electron chi connectivity index (χ3n) is 4.08. The molecule has 2 N–H and O–H groups in total. The molecule has 0 radical (unpaired) electrons. The van der Waals surface area contributed by atoms with Gasteiger partial charge in [0.1, 0.15) is 11.5 Å². The Hall–Kier alpha value is -1.22. The molecule has 0 atom stereocenters. The van der Waals surface area contributed by atoms with Gasteiger partial charge >= 0.3 is 0 Å². The molecule has 0 heterocycles. The molecule has 0 aromatic heterocycles.